The van der Waals surface area contributed by atoms with E-state index in [1.807, 2.05) is 31.1 Å². The van der Waals surface area contributed by atoms with Crippen LogP contribution < -0.4 is 0 Å². The Morgan fingerprint density at radius 1 is 1.17 bits per heavy atom. The fraction of sp³-hybridized carbons (Fsp3) is 0.250. The second-order valence-corrected chi connectivity index (χ2v) is 4.85. The lowest BCUT2D eigenvalue weighted by Crippen LogP contribution is -2.06. The summed E-state index contributed by atoms with van der Waals surface area (Å²) in [5.74, 6) is 0. The molecule has 1 heterocycles. The molecule has 18 heavy (non-hydrogen) atoms. The van der Waals surface area contributed by atoms with Crippen LogP contribution in [-0.2, 0) is 6.18 Å². The third kappa shape index (κ3) is 2.29. The van der Waals surface area contributed by atoms with Crippen LogP contribution in [0.3, 0.4) is 0 Å². The van der Waals surface area contributed by atoms with Crippen molar-refractivity contribution in [2.75, 3.05) is 0 Å². The summed E-state index contributed by atoms with van der Waals surface area (Å²) in [4.78, 5) is 0. The van der Waals surface area contributed by atoms with Crippen LogP contribution in [-0.4, -0.2) is 10.2 Å². The van der Waals surface area contributed by atoms with Crippen molar-refractivity contribution in [3.8, 4) is 11.3 Å². The fourth-order valence-electron chi connectivity index (χ4n) is 1.60. The van der Waals surface area contributed by atoms with E-state index in [2.05, 4.69) is 21.0 Å². The van der Waals surface area contributed by atoms with E-state index < -0.39 is 11.9 Å². The Balaban J connectivity index is 2.52. The van der Waals surface area contributed by atoms with Gasteiger partial charge in [0.25, 0.3) is 0 Å². The third-order valence-corrected chi connectivity index (χ3v) is 3.54. The van der Waals surface area contributed by atoms with E-state index in [4.69, 9.17) is 0 Å². The first-order valence-corrected chi connectivity index (χ1v) is 5.98. The minimum atomic E-state index is -4.44. The number of rotatable bonds is 1. The van der Waals surface area contributed by atoms with Crippen molar-refractivity contribution < 1.29 is 13.2 Å². The first kappa shape index (κ1) is 13.1. The van der Waals surface area contributed by atoms with Crippen LogP contribution in [0.1, 0.15) is 16.8 Å². The molecule has 1 aromatic heterocycles. The van der Waals surface area contributed by atoms with Gasteiger partial charge in [0.05, 0.1) is 4.47 Å². The SMILES string of the molecule is Cc1ccc(-c2n[nH]c(C(F)(F)F)c2Br)cc1C. The molecular weight excluding hydrogens is 309 g/mol. The van der Waals surface area contributed by atoms with Crippen LogP contribution in [0.5, 0.6) is 0 Å². The van der Waals surface area contributed by atoms with Gasteiger partial charge in [0.1, 0.15) is 5.69 Å². The number of aromatic nitrogens is 2. The van der Waals surface area contributed by atoms with Crippen molar-refractivity contribution in [2.45, 2.75) is 20.0 Å². The van der Waals surface area contributed by atoms with E-state index >= 15 is 0 Å². The molecular formula is C12H10BrF3N2. The average molecular weight is 319 g/mol. The van der Waals surface area contributed by atoms with Crippen LogP contribution in [0.25, 0.3) is 11.3 Å². The maximum absolute atomic E-state index is 12.6. The molecule has 0 bridgehead atoms. The van der Waals surface area contributed by atoms with Crippen molar-refractivity contribution >= 4 is 15.9 Å². The van der Waals surface area contributed by atoms with Crippen molar-refractivity contribution in [1.29, 1.82) is 0 Å². The summed E-state index contributed by atoms with van der Waals surface area (Å²) < 4.78 is 37.8. The minimum absolute atomic E-state index is 0.0572. The number of halogens is 4. The van der Waals surface area contributed by atoms with Crippen LogP contribution in [0, 0.1) is 13.8 Å². The maximum atomic E-state index is 12.6. The largest absolute Gasteiger partial charge is 0.433 e. The Labute approximate surface area is 110 Å². The first-order chi connectivity index (χ1) is 8.30. The summed E-state index contributed by atoms with van der Waals surface area (Å²) in [6.45, 7) is 3.85. The van der Waals surface area contributed by atoms with E-state index in [-0.39, 0.29) is 10.2 Å². The number of hydrogen-bond acceptors (Lipinski definition) is 1. The summed E-state index contributed by atoms with van der Waals surface area (Å²) in [6.07, 6.45) is -4.44. The Hall–Kier alpha value is -1.30. The standard InChI is InChI=1S/C12H10BrF3N2/c1-6-3-4-8(5-7(6)2)10-9(13)11(18-17-10)12(14,15)16/h3-5H,1-2H3,(H,17,18). The van der Waals surface area contributed by atoms with E-state index in [9.17, 15) is 13.2 Å². The highest BCUT2D eigenvalue weighted by Crippen LogP contribution is 2.38. The lowest BCUT2D eigenvalue weighted by Gasteiger charge is -2.05. The molecule has 0 atom stereocenters. The fourth-order valence-corrected chi connectivity index (χ4v) is 2.23. The Bertz CT molecular complexity index is 587. The van der Waals surface area contributed by atoms with E-state index in [0.717, 1.165) is 11.1 Å². The van der Waals surface area contributed by atoms with Gasteiger partial charge in [-0.3, -0.25) is 5.10 Å². The number of aromatic amines is 1. The molecule has 2 aromatic rings. The lowest BCUT2D eigenvalue weighted by atomic mass is 10.0. The van der Waals surface area contributed by atoms with Crippen LogP contribution >= 0.6 is 15.9 Å². The van der Waals surface area contributed by atoms with E-state index in [0.29, 0.717) is 5.56 Å². The quantitative estimate of drug-likeness (QED) is 0.825. The van der Waals surface area contributed by atoms with E-state index in [1.165, 1.54) is 0 Å². The predicted molar refractivity (Wildman–Crippen MR) is 66.2 cm³/mol. The van der Waals surface area contributed by atoms with Gasteiger partial charge < -0.3 is 0 Å². The summed E-state index contributed by atoms with van der Waals surface area (Å²) >= 11 is 2.95. The van der Waals surface area contributed by atoms with E-state index in [1.54, 1.807) is 6.07 Å². The first-order valence-electron chi connectivity index (χ1n) is 5.19. The molecule has 6 heteroatoms. The molecule has 96 valence electrons. The molecule has 0 aliphatic carbocycles. The molecule has 1 N–H and O–H groups in total. The Kier molecular flexibility index (Phi) is 3.23. The highest BCUT2D eigenvalue weighted by molar-refractivity contribution is 9.10. The molecule has 2 rings (SSSR count). The summed E-state index contributed by atoms with van der Waals surface area (Å²) in [5.41, 5.74) is 2.15. The normalized spacial score (nSPS) is 11.9. The second kappa shape index (κ2) is 4.42. The monoisotopic (exact) mass is 318 g/mol. The molecule has 0 aliphatic rings. The van der Waals surface area contributed by atoms with Crippen molar-refractivity contribution in [3.63, 3.8) is 0 Å². The smallest absolute Gasteiger partial charge is 0.272 e. The Morgan fingerprint density at radius 3 is 2.33 bits per heavy atom. The van der Waals surface area contributed by atoms with Gasteiger partial charge in [0.2, 0.25) is 0 Å². The molecule has 0 saturated heterocycles. The van der Waals surface area contributed by atoms with Crippen LogP contribution in [0.2, 0.25) is 0 Å². The van der Waals surface area contributed by atoms with Gasteiger partial charge in [0.15, 0.2) is 5.69 Å². The Morgan fingerprint density at radius 2 is 1.83 bits per heavy atom. The summed E-state index contributed by atoms with van der Waals surface area (Å²) in [5, 5.41) is 5.76. The molecule has 0 aliphatic heterocycles. The zero-order valence-electron chi connectivity index (χ0n) is 9.69. The molecule has 0 radical (unpaired) electrons. The molecule has 0 saturated carbocycles. The van der Waals surface area contributed by atoms with Crippen LogP contribution in [0.15, 0.2) is 22.7 Å². The van der Waals surface area contributed by atoms with Gasteiger partial charge in [-0.25, -0.2) is 0 Å². The molecule has 0 amide bonds. The number of nitrogens with zero attached hydrogens (tertiary/aromatic N) is 1. The number of aryl methyl sites for hydroxylation is 2. The van der Waals surface area contributed by atoms with Gasteiger partial charge in [-0.05, 0) is 47.0 Å². The summed E-state index contributed by atoms with van der Waals surface area (Å²) in [7, 11) is 0. The molecule has 2 nitrogen and oxygen atoms in total. The minimum Gasteiger partial charge on any atom is -0.272 e. The number of nitrogens with one attached hydrogen (secondary N) is 1. The van der Waals surface area contributed by atoms with Gasteiger partial charge in [-0.1, -0.05) is 12.1 Å². The molecule has 0 fully saturated rings. The van der Waals surface area contributed by atoms with Crippen molar-refractivity contribution in [3.05, 3.63) is 39.5 Å². The maximum Gasteiger partial charge on any atom is 0.433 e. The third-order valence-electron chi connectivity index (χ3n) is 2.77. The van der Waals surface area contributed by atoms with Gasteiger partial charge in [-0.15, -0.1) is 0 Å². The van der Waals surface area contributed by atoms with Gasteiger partial charge in [0, 0.05) is 5.56 Å². The lowest BCUT2D eigenvalue weighted by molar-refractivity contribution is -0.141. The number of H-pyrrole nitrogens is 1. The average Bonchev–Trinajstić information content (AvgIpc) is 2.64. The van der Waals surface area contributed by atoms with Gasteiger partial charge >= 0.3 is 6.18 Å². The number of benzene rings is 1. The predicted octanol–water partition coefficient (Wildman–Crippen LogP) is 4.47. The number of hydrogen-bond donors (Lipinski definition) is 1. The van der Waals surface area contributed by atoms with Gasteiger partial charge in [-0.2, -0.15) is 18.3 Å². The van der Waals surface area contributed by atoms with Crippen molar-refractivity contribution in [1.82, 2.24) is 10.2 Å². The highest BCUT2D eigenvalue weighted by Gasteiger charge is 2.36. The highest BCUT2D eigenvalue weighted by atomic mass is 79.9. The molecule has 1 aromatic carbocycles. The zero-order chi connectivity index (χ0) is 13.5. The summed E-state index contributed by atoms with van der Waals surface area (Å²) in [6, 6.07) is 5.43. The van der Waals surface area contributed by atoms with Crippen molar-refractivity contribution in [2.24, 2.45) is 0 Å². The second-order valence-electron chi connectivity index (χ2n) is 4.06. The zero-order valence-corrected chi connectivity index (χ0v) is 11.3. The molecule has 0 unspecified atom stereocenters. The van der Waals surface area contributed by atoms with Crippen LogP contribution in [0.4, 0.5) is 13.2 Å². The molecule has 0 spiro atoms. The topological polar surface area (TPSA) is 28.7 Å². The number of alkyl halides is 3.